The van der Waals surface area contributed by atoms with E-state index in [1.54, 1.807) is 13.0 Å². The third-order valence-corrected chi connectivity index (χ3v) is 3.52. The molecule has 1 aromatic rings. The molecule has 4 nitrogen and oxygen atoms in total. The molecule has 1 aromatic heterocycles. The van der Waals surface area contributed by atoms with E-state index in [0.29, 0.717) is 24.0 Å². The second-order valence-electron chi connectivity index (χ2n) is 5.25. The van der Waals surface area contributed by atoms with Gasteiger partial charge < -0.3 is 9.84 Å². The van der Waals surface area contributed by atoms with Gasteiger partial charge in [-0.2, -0.15) is 0 Å². The van der Waals surface area contributed by atoms with Crippen LogP contribution in [0.25, 0.3) is 0 Å². The molecule has 112 valence electrons. The normalized spacial score (nSPS) is 12.2. The van der Waals surface area contributed by atoms with Crippen LogP contribution in [0, 0.1) is 19.8 Å². The zero-order valence-electron chi connectivity index (χ0n) is 12.9. The summed E-state index contributed by atoms with van der Waals surface area (Å²) >= 11 is 0. The molecule has 4 heteroatoms. The topological polar surface area (TPSA) is 59.4 Å². The number of hydrogen-bond acceptors (Lipinski definition) is 3. The minimum Gasteiger partial charge on any atom is -0.492 e. The van der Waals surface area contributed by atoms with Crippen LogP contribution in [0.4, 0.5) is 0 Å². The van der Waals surface area contributed by atoms with Gasteiger partial charge in [0.2, 0.25) is 0 Å². The van der Waals surface area contributed by atoms with Gasteiger partial charge in [-0.15, -0.1) is 0 Å². The number of pyridine rings is 1. The Morgan fingerprint density at radius 3 is 2.65 bits per heavy atom. The van der Waals surface area contributed by atoms with Crippen LogP contribution in [0.5, 0.6) is 5.75 Å². The lowest BCUT2D eigenvalue weighted by atomic mass is 10.0. The van der Waals surface area contributed by atoms with Crippen LogP contribution >= 0.6 is 0 Å². The minimum absolute atomic E-state index is 0.181. The Morgan fingerprint density at radius 2 is 2.10 bits per heavy atom. The number of carbonyl (C=O) groups is 1. The van der Waals surface area contributed by atoms with E-state index in [2.05, 4.69) is 18.8 Å². The van der Waals surface area contributed by atoms with E-state index in [1.807, 2.05) is 6.92 Å². The highest BCUT2D eigenvalue weighted by Crippen LogP contribution is 2.24. The van der Waals surface area contributed by atoms with Gasteiger partial charge >= 0.3 is 5.97 Å². The number of carboxylic acids is 1. The van der Waals surface area contributed by atoms with Crippen LogP contribution < -0.4 is 4.74 Å². The van der Waals surface area contributed by atoms with Gasteiger partial charge in [-0.3, -0.25) is 4.98 Å². The van der Waals surface area contributed by atoms with Crippen LogP contribution in [-0.2, 0) is 0 Å². The van der Waals surface area contributed by atoms with Crippen molar-refractivity contribution in [1.29, 1.82) is 0 Å². The summed E-state index contributed by atoms with van der Waals surface area (Å²) in [5.41, 5.74) is 1.47. The summed E-state index contributed by atoms with van der Waals surface area (Å²) in [6, 6.07) is 1.71. The van der Waals surface area contributed by atoms with E-state index in [9.17, 15) is 9.90 Å². The second kappa shape index (κ2) is 7.88. The van der Waals surface area contributed by atoms with Crippen LogP contribution in [0.2, 0.25) is 0 Å². The fourth-order valence-electron chi connectivity index (χ4n) is 2.27. The van der Waals surface area contributed by atoms with Crippen LogP contribution in [-0.4, -0.2) is 22.7 Å². The summed E-state index contributed by atoms with van der Waals surface area (Å²) in [6.45, 7) is 8.44. The molecule has 1 rings (SSSR count). The number of unbranched alkanes of at least 4 members (excludes halogenated alkanes) is 1. The summed E-state index contributed by atoms with van der Waals surface area (Å²) in [6.07, 6.45) is 4.52. The van der Waals surface area contributed by atoms with Crippen molar-refractivity contribution in [2.75, 3.05) is 6.61 Å². The van der Waals surface area contributed by atoms with Crippen molar-refractivity contribution >= 4 is 5.97 Å². The number of ether oxygens (including phenoxy) is 1. The van der Waals surface area contributed by atoms with E-state index in [0.717, 1.165) is 18.5 Å². The second-order valence-corrected chi connectivity index (χ2v) is 5.25. The number of nitrogens with zero attached hydrogens (tertiary/aromatic N) is 1. The maximum Gasteiger partial charge on any atom is 0.341 e. The highest BCUT2D eigenvalue weighted by molar-refractivity contribution is 5.92. The monoisotopic (exact) mass is 279 g/mol. The summed E-state index contributed by atoms with van der Waals surface area (Å²) in [5.74, 6) is -0.0607. The van der Waals surface area contributed by atoms with Crippen LogP contribution in [0.15, 0.2) is 6.07 Å². The quantitative estimate of drug-likeness (QED) is 0.781. The van der Waals surface area contributed by atoms with Gasteiger partial charge in [-0.1, -0.05) is 33.1 Å². The third kappa shape index (κ3) is 4.51. The lowest BCUT2D eigenvalue weighted by Gasteiger charge is -2.17. The molecule has 0 fully saturated rings. The molecule has 1 atom stereocenters. The van der Waals surface area contributed by atoms with E-state index in [-0.39, 0.29) is 5.56 Å². The SMILES string of the molecule is CCCCC(CC)COc1cc(C)nc(C)c1C(=O)O. The molecule has 0 radical (unpaired) electrons. The van der Waals surface area contributed by atoms with Gasteiger partial charge in [0, 0.05) is 11.8 Å². The maximum atomic E-state index is 11.3. The maximum absolute atomic E-state index is 11.3. The predicted octanol–water partition coefficient (Wildman–Crippen LogP) is 3.99. The van der Waals surface area contributed by atoms with Gasteiger partial charge in [0.15, 0.2) is 0 Å². The fraction of sp³-hybridized carbons (Fsp3) is 0.625. The molecule has 0 aliphatic carbocycles. The van der Waals surface area contributed by atoms with Crippen molar-refractivity contribution < 1.29 is 14.6 Å². The van der Waals surface area contributed by atoms with E-state index >= 15 is 0 Å². The Kier molecular flexibility index (Phi) is 6.49. The molecule has 0 spiro atoms. The number of rotatable bonds is 8. The summed E-state index contributed by atoms with van der Waals surface area (Å²) < 4.78 is 5.79. The fourth-order valence-corrected chi connectivity index (χ4v) is 2.27. The standard InChI is InChI=1S/C16H25NO3/c1-5-7-8-13(6-2)10-20-14-9-11(3)17-12(4)15(14)16(18)19/h9,13H,5-8,10H2,1-4H3,(H,18,19). The molecular weight excluding hydrogens is 254 g/mol. The smallest absolute Gasteiger partial charge is 0.341 e. The first kappa shape index (κ1) is 16.5. The van der Waals surface area contributed by atoms with E-state index in [4.69, 9.17) is 4.74 Å². The molecular formula is C16H25NO3. The highest BCUT2D eigenvalue weighted by atomic mass is 16.5. The van der Waals surface area contributed by atoms with Gasteiger partial charge in [0.1, 0.15) is 11.3 Å². The predicted molar refractivity (Wildman–Crippen MR) is 79.5 cm³/mol. The first-order chi connectivity index (χ1) is 9.49. The number of carboxylic acid groups (broad SMARTS) is 1. The molecule has 1 unspecified atom stereocenters. The summed E-state index contributed by atoms with van der Waals surface area (Å²) in [5, 5.41) is 9.28. The third-order valence-electron chi connectivity index (χ3n) is 3.52. The molecule has 0 aliphatic rings. The molecule has 1 heterocycles. The van der Waals surface area contributed by atoms with E-state index < -0.39 is 5.97 Å². The van der Waals surface area contributed by atoms with Gasteiger partial charge in [-0.25, -0.2) is 4.79 Å². The lowest BCUT2D eigenvalue weighted by Crippen LogP contribution is -2.14. The molecule has 1 N–H and O–H groups in total. The first-order valence-corrected chi connectivity index (χ1v) is 7.33. The Labute approximate surface area is 121 Å². The van der Waals surface area contributed by atoms with Crippen LogP contribution in [0.1, 0.15) is 61.3 Å². The molecule has 0 bridgehead atoms. The molecule has 0 amide bonds. The van der Waals surface area contributed by atoms with Crippen molar-refractivity contribution in [2.45, 2.75) is 53.4 Å². The number of hydrogen-bond donors (Lipinski definition) is 1. The molecule has 0 aliphatic heterocycles. The minimum atomic E-state index is -0.980. The van der Waals surface area contributed by atoms with Gasteiger partial charge in [0.05, 0.1) is 12.3 Å². The first-order valence-electron chi connectivity index (χ1n) is 7.33. The molecule has 20 heavy (non-hydrogen) atoms. The Hall–Kier alpha value is -1.58. The van der Waals surface area contributed by atoms with Crippen LogP contribution in [0.3, 0.4) is 0 Å². The van der Waals surface area contributed by atoms with Gasteiger partial charge in [-0.05, 0) is 26.2 Å². The largest absolute Gasteiger partial charge is 0.492 e. The van der Waals surface area contributed by atoms with Gasteiger partial charge in [0.25, 0.3) is 0 Å². The highest BCUT2D eigenvalue weighted by Gasteiger charge is 2.17. The summed E-state index contributed by atoms with van der Waals surface area (Å²) in [7, 11) is 0. The average molecular weight is 279 g/mol. The lowest BCUT2D eigenvalue weighted by molar-refractivity contribution is 0.0689. The average Bonchev–Trinajstić information content (AvgIpc) is 2.37. The van der Waals surface area contributed by atoms with Crippen molar-refractivity contribution in [2.24, 2.45) is 5.92 Å². The number of aromatic carboxylic acids is 1. The number of aromatic nitrogens is 1. The molecule has 0 aromatic carbocycles. The van der Waals surface area contributed by atoms with Crippen molar-refractivity contribution in [1.82, 2.24) is 4.98 Å². The zero-order chi connectivity index (χ0) is 15.1. The van der Waals surface area contributed by atoms with E-state index in [1.165, 1.54) is 12.8 Å². The molecule has 0 saturated carbocycles. The summed E-state index contributed by atoms with van der Waals surface area (Å²) in [4.78, 5) is 15.5. The van der Waals surface area contributed by atoms with Crippen molar-refractivity contribution in [3.63, 3.8) is 0 Å². The molecule has 0 saturated heterocycles. The Morgan fingerprint density at radius 1 is 1.40 bits per heavy atom. The Bertz CT molecular complexity index is 457. The van der Waals surface area contributed by atoms with Crippen molar-refractivity contribution in [3.05, 3.63) is 23.0 Å². The number of aryl methyl sites for hydroxylation is 2. The zero-order valence-corrected chi connectivity index (χ0v) is 12.9. The van der Waals surface area contributed by atoms with Crippen molar-refractivity contribution in [3.8, 4) is 5.75 Å². The Balaban J connectivity index is 2.83.